The van der Waals surface area contributed by atoms with Crippen molar-refractivity contribution >= 4 is 11.6 Å². The van der Waals surface area contributed by atoms with E-state index in [0.29, 0.717) is 30.9 Å². The largest absolute Gasteiger partial charge is 0.486 e. The van der Waals surface area contributed by atoms with Crippen LogP contribution in [-0.4, -0.2) is 31.2 Å². The van der Waals surface area contributed by atoms with E-state index in [1.165, 1.54) is 19.3 Å². The zero-order valence-corrected chi connectivity index (χ0v) is 14.9. The summed E-state index contributed by atoms with van der Waals surface area (Å²) in [7, 11) is 0. The first kappa shape index (κ1) is 17.1. The summed E-state index contributed by atoms with van der Waals surface area (Å²) >= 11 is 0. The average Bonchev–Trinajstić information content (AvgIpc) is 2.58. The van der Waals surface area contributed by atoms with Crippen molar-refractivity contribution in [3.05, 3.63) is 18.2 Å². The number of benzene rings is 1. The number of amides is 1. The van der Waals surface area contributed by atoms with Gasteiger partial charge in [-0.3, -0.25) is 4.79 Å². The second-order valence-corrected chi connectivity index (χ2v) is 7.26. The monoisotopic (exact) mass is 333 g/mol. The number of quaternary nitrogens is 1. The standard InChI is InChI=1S/C19H28N2O3/c1-12-5-4-6-16(13(12)2)20-14(3)19(22)21-15-7-8-17-18(11-15)24-10-9-23-17/h7-8,11-14,16,20H,4-6,9-10H2,1-3H3,(H,21,22)/p+1/t12-,13+,14-,16+/m0/s1. The lowest BCUT2D eigenvalue weighted by atomic mass is 9.78. The molecule has 0 bridgehead atoms. The molecule has 0 unspecified atom stereocenters. The second kappa shape index (κ2) is 7.43. The summed E-state index contributed by atoms with van der Waals surface area (Å²) in [5.74, 6) is 2.88. The number of fused-ring (bicyclic) bond motifs is 1. The first-order valence-electron chi connectivity index (χ1n) is 9.10. The topological polar surface area (TPSA) is 64.2 Å². The third-order valence-electron chi connectivity index (χ3n) is 5.53. The Morgan fingerprint density at radius 3 is 2.75 bits per heavy atom. The van der Waals surface area contributed by atoms with E-state index >= 15 is 0 Å². The fraction of sp³-hybridized carbons (Fsp3) is 0.632. The van der Waals surface area contributed by atoms with Crippen molar-refractivity contribution in [2.75, 3.05) is 18.5 Å². The molecule has 3 N–H and O–H groups in total. The predicted molar refractivity (Wildman–Crippen MR) is 93.4 cm³/mol. The summed E-state index contributed by atoms with van der Waals surface area (Å²) in [5.41, 5.74) is 0.759. The molecule has 1 aromatic carbocycles. The second-order valence-electron chi connectivity index (χ2n) is 7.26. The number of nitrogens with one attached hydrogen (secondary N) is 1. The maximum absolute atomic E-state index is 12.5. The number of rotatable bonds is 4. The lowest BCUT2D eigenvalue weighted by molar-refractivity contribution is -0.715. The summed E-state index contributed by atoms with van der Waals surface area (Å²) < 4.78 is 11.1. The van der Waals surface area contributed by atoms with E-state index in [1.807, 2.05) is 25.1 Å². The van der Waals surface area contributed by atoms with Gasteiger partial charge in [0.1, 0.15) is 13.2 Å². The third-order valence-corrected chi connectivity index (χ3v) is 5.53. The maximum Gasteiger partial charge on any atom is 0.282 e. The smallest absolute Gasteiger partial charge is 0.282 e. The van der Waals surface area contributed by atoms with Crippen LogP contribution in [0, 0.1) is 11.8 Å². The third kappa shape index (κ3) is 3.83. The highest BCUT2D eigenvalue weighted by atomic mass is 16.6. The number of ether oxygens (including phenoxy) is 2. The molecule has 5 nitrogen and oxygen atoms in total. The lowest BCUT2D eigenvalue weighted by Crippen LogP contribution is -2.97. The fourth-order valence-corrected chi connectivity index (χ4v) is 3.73. The summed E-state index contributed by atoms with van der Waals surface area (Å²) in [5, 5.41) is 5.25. The highest BCUT2D eigenvalue weighted by Gasteiger charge is 2.32. The Morgan fingerprint density at radius 1 is 1.21 bits per heavy atom. The molecule has 1 amide bonds. The lowest BCUT2D eigenvalue weighted by Gasteiger charge is -2.33. The van der Waals surface area contributed by atoms with Crippen LogP contribution in [0.4, 0.5) is 5.69 Å². The Hall–Kier alpha value is -1.75. The zero-order chi connectivity index (χ0) is 17.1. The molecule has 0 spiro atoms. The molecule has 0 saturated heterocycles. The van der Waals surface area contributed by atoms with Crippen molar-refractivity contribution in [3.8, 4) is 11.5 Å². The SMILES string of the molecule is C[C@@H]1[C@@H](C)CCC[C@H]1[NH2+][C@@H](C)C(=O)Nc1ccc2c(c1)OCCO2. The van der Waals surface area contributed by atoms with Gasteiger partial charge in [0.2, 0.25) is 0 Å². The molecule has 24 heavy (non-hydrogen) atoms. The Morgan fingerprint density at radius 2 is 1.96 bits per heavy atom. The van der Waals surface area contributed by atoms with Crippen LogP contribution in [0.3, 0.4) is 0 Å². The van der Waals surface area contributed by atoms with Gasteiger partial charge in [0.05, 0.1) is 6.04 Å². The number of hydrogen-bond donors (Lipinski definition) is 2. The van der Waals surface area contributed by atoms with Crippen molar-refractivity contribution < 1.29 is 19.6 Å². The van der Waals surface area contributed by atoms with Crippen molar-refractivity contribution in [2.45, 2.75) is 52.1 Å². The van der Waals surface area contributed by atoms with Crippen LogP contribution in [-0.2, 0) is 4.79 Å². The van der Waals surface area contributed by atoms with Crippen molar-refractivity contribution in [1.29, 1.82) is 0 Å². The molecule has 5 heteroatoms. The van der Waals surface area contributed by atoms with E-state index in [1.54, 1.807) is 0 Å². The highest BCUT2D eigenvalue weighted by molar-refractivity contribution is 5.93. The number of anilines is 1. The van der Waals surface area contributed by atoms with Crippen molar-refractivity contribution in [3.63, 3.8) is 0 Å². The molecule has 3 rings (SSSR count). The van der Waals surface area contributed by atoms with E-state index < -0.39 is 0 Å². The molecule has 1 heterocycles. The Balaban J connectivity index is 1.58. The molecule has 2 aliphatic rings. The Labute approximate surface area is 144 Å². The fourth-order valence-electron chi connectivity index (χ4n) is 3.73. The number of carbonyl (C=O) groups excluding carboxylic acids is 1. The number of hydrogen-bond acceptors (Lipinski definition) is 3. The van der Waals surface area contributed by atoms with Crippen LogP contribution in [0.5, 0.6) is 11.5 Å². The number of carbonyl (C=O) groups is 1. The minimum absolute atomic E-state index is 0.0390. The Bertz CT molecular complexity index is 590. The summed E-state index contributed by atoms with van der Waals surface area (Å²) in [4.78, 5) is 12.5. The molecular weight excluding hydrogens is 304 g/mol. The van der Waals surface area contributed by atoms with E-state index in [2.05, 4.69) is 24.5 Å². The molecule has 1 fully saturated rings. The summed E-state index contributed by atoms with van der Waals surface area (Å²) in [6, 6.07) is 5.99. The highest BCUT2D eigenvalue weighted by Crippen LogP contribution is 2.32. The van der Waals surface area contributed by atoms with Crippen LogP contribution < -0.4 is 20.1 Å². The predicted octanol–water partition coefficient (Wildman–Crippen LogP) is 2.17. The van der Waals surface area contributed by atoms with Gasteiger partial charge in [-0.05, 0) is 44.2 Å². The van der Waals surface area contributed by atoms with Gasteiger partial charge < -0.3 is 20.1 Å². The van der Waals surface area contributed by atoms with Gasteiger partial charge in [0.15, 0.2) is 17.5 Å². The average molecular weight is 333 g/mol. The molecular formula is C19H29N2O3+. The molecule has 0 aromatic heterocycles. The molecule has 1 saturated carbocycles. The van der Waals surface area contributed by atoms with Crippen LogP contribution in [0.15, 0.2) is 18.2 Å². The van der Waals surface area contributed by atoms with Crippen LogP contribution >= 0.6 is 0 Å². The van der Waals surface area contributed by atoms with Gasteiger partial charge >= 0.3 is 0 Å². The van der Waals surface area contributed by atoms with Crippen LogP contribution in [0.1, 0.15) is 40.0 Å². The van der Waals surface area contributed by atoms with E-state index in [9.17, 15) is 4.79 Å². The van der Waals surface area contributed by atoms with Crippen LogP contribution in [0.2, 0.25) is 0 Å². The minimum Gasteiger partial charge on any atom is -0.486 e. The molecule has 132 valence electrons. The molecule has 1 aliphatic carbocycles. The number of nitrogens with two attached hydrogens (primary N) is 1. The molecule has 1 aliphatic heterocycles. The summed E-state index contributed by atoms with van der Waals surface area (Å²) in [6.07, 6.45) is 3.78. The van der Waals surface area contributed by atoms with Gasteiger partial charge in [-0.1, -0.05) is 13.8 Å². The Kier molecular flexibility index (Phi) is 5.29. The first-order valence-corrected chi connectivity index (χ1v) is 9.10. The normalized spacial score (nSPS) is 27.4. The molecule has 4 atom stereocenters. The van der Waals surface area contributed by atoms with Gasteiger partial charge in [-0.25, -0.2) is 0 Å². The zero-order valence-electron chi connectivity index (χ0n) is 14.9. The maximum atomic E-state index is 12.5. The van der Waals surface area contributed by atoms with E-state index in [4.69, 9.17) is 9.47 Å². The first-order chi connectivity index (χ1) is 11.5. The van der Waals surface area contributed by atoms with Crippen LogP contribution in [0.25, 0.3) is 0 Å². The van der Waals surface area contributed by atoms with Gasteiger partial charge in [-0.15, -0.1) is 0 Å². The van der Waals surface area contributed by atoms with E-state index in [0.717, 1.165) is 17.4 Å². The molecule has 1 aromatic rings. The van der Waals surface area contributed by atoms with Gasteiger partial charge in [0, 0.05) is 17.7 Å². The van der Waals surface area contributed by atoms with Gasteiger partial charge in [0.25, 0.3) is 5.91 Å². The quantitative estimate of drug-likeness (QED) is 0.888. The van der Waals surface area contributed by atoms with Crippen molar-refractivity contribution in [2.24, 2.45) is 11.8 Å². The summed E-state index contributed by atoms with van der Waals surface area (Å²) in [6.45, 7) is 7.75. The molecule has 0 radical (unpaired) electrons. The van der Waals surface area contributed by atoms with Gasteiger partial charge in [-0.2, -0.15) is 0 Å². The van der Waals surface area contributed by atoms with Crippen molar-refractivity contribution in [1.82, 2.24) is 0 Å². The van der Waals surface area contributed by atoms with E-state index in [-0.39, 0.29) is 11.9 Å². The minimum atomic E-state index is -0.101.